The van der Waals surface area contributed by atoms with E-state index in [1.165, 1.54) is 40.4 Å². The molecule has 0 bridgehead atoms. The molecule has 3 N–H and O–H groups in total. The maximum absolute atomic E-state index is 4.78. The quantitative estimate of drug-likeness (QED) is 0.414. The van der Waals surface area contributed by atoms with Gasteiger partial charge in [-0.2, -0.15) is 0 Å². The second-order valence-corrected chi connectivity index (χ2v) is 7.95. The van der Waals surface area contributed by atoms with Crippen molar-refractivity contribution < 1.29 is 0 Å². The molecule has 1 aromatic carbocycles. The largest absolute Gasteiger partial charge is 0.361 e. The maximum Gasteiger partial charge on any atom is 0.191 e. The van der Waals surface area contributed by atoms with Crippen molar-refractivity contribution in [2.24, 2.45) is 4.99 Å². The van der Waals surface area contributed by atoms with Gasteiger partial charge in [0.15, 0.2) is 5.96 Å². The van der Waals surface area contributed by atoms with Gasteiger partial charge >= 0.3 is 0 Å². The summed E-state index contributed by atoms with van der Waals surface area (Å²) in [5.74, 6) is 1.93. The van der Waals surface area contributed by atoms with E-state index in [0.29, 0.717) is 6.54 Å². The topological polar surface area (TPSA) is 68.3 Å². The van der Waals surface area contributed by atoms with Crippen LogP contribution in [0, 0.1) is 6.92 Å². The number of aryl methyl sites for hydroxylation is 1. The van der Waals surface area contributed by atoms with Crippen molar-refractivity contribution in [2.75, 3.05) is 31.1 Å². The maximum atomic E-state index is 4.78. The third-order valence-electron chi connectivity index (χ3n) is 5.61. The summed E-state index contributed by atoms with van der Waals surface area (Å²) < 4.78 is 0. The van der Waals surface area contributed by atoms with Crippen LogP contribution >= 0.6 is 0 Å². The summed E-state index contributed by atoms with van der Waals surface area (Å²) in [6.45, 7) is 8.75. The first-order chi connectivity index (χ1) is 14.7. The summed E-state index contributed by atoms with van der Waals surface area (Å²) in [5.41, 5.74) is 5.01. The number of guanidine groups is 1. The molecule has 3 heterocycles. The van der Waals surface area contributed by atoms with Crippen molar-refractivity contribution in [3.63, 3.8) is 0 Å². The Morgan fingerprint density at radius 3 is 2.87 bits per heavy atom. The number of H-pyrrole nitrogens is 1. The van der Waals surface area contributed by atoms with Gasteiger partial charge in [-0.05, 0) is 68.0 Å². The standard InChI is InChI=1S/C24H32N6/c1-3-25-24(27-11-9-20-17-28-22-14-18(2)6-7-21(20)22)29-16-19-8-10-26-23(15-19)30-12-4-5-13-30/h6-8,10,14-15,17,28H,3-5,9,11-13,16H2,1-2H3,(H2,25,27,29). The monoisotopic (exact) mass is 404 g/mol. The molecule has 0 radical (unpaired) electrons. The molecular weight excluding hydrogens is 372 g/mol. The molecule has 0 spiro atoms. The van der Waals surface area contributed by atoms with Gasteiger partial charge in [0, 0.05) is 49.5 Å². The van der Waals surface area contributed by atoms with Crippen LogP contribution in [0.15, 0.2) is 47.7 Å². The molecule has 0 unspecified atom stereocenters. The first-order valence-corrected chi connectivity index (χ1v) is 11.0. The first kappa shape index (κ1) is 20.3. The molecule has 1 saturated heterocycles. The van der Waals surface area contributed by atoms with Crippen LogP contribution in [0.4, 0.5) is 5.82 Å². The number of fused-ring (bicyclic) bond motifs is 1. The molecule has 6 nitrogen and oxygen atoms in total. The number of benzene rings is 1. The van der Waals surface area contributed by atoms with Crippen LogP contribution in [-0.2, 0) is 13.0 Å². The number of hydrogen-bond donors (Lipinski definition) is 3. The number of hydrogen-bond acceptors (Lipinski definition) is 3. The molecule has 6 heteroatoms. The van der Waals surface area contributed by atoms with Crippen LogP contribution in [0.1, 0.15) is 36.5 Å². The van der Waals surface area contributed by atoms with E-state index < -0.39 is 0 Å². The van der Waals surface area contributed by atoms with E-state index >= 15 is 0 Å². The Bertz CT molecular complexity index is 1000. The highest BCUT2D eigenvalue weighted by Gasteiger charge is 2.13. The van der Waals surface area contributed by atoms with Gasteiger partial charge in [0.25, 0.3) is 0 Å². The molecule has 30 heavy (non-hydrogen) atoms. The molecule has 3 aromatic rings. The second kappa shape index (κ2) is 9.65. The van der Waals surface area contributed by atoms with Gasteiger partial charge in [0.2, 0.25) is 0 Å². The van der Waals surface area contributed by atoms with Gasteiger partial charge in [-0.15, -0.1) is 0 Å². The van der Waals surface area contributed by atoms with Crippen LogP contribution in [0.5, 0.6) is 0 Å². The fourth-order valence-electron chi connectivity index (χ4n) is 4.01. The van der Waals surface area contributed by atoms with Gasteiger partial charge in [0.05, 0.1) is 6.54 Å². The average molecular weight is 405 g/mol. The van der Waals surface area contributed by atoms with Crippen LogP contribution in [0.25, 0.3) is 10.9 Å². The summed E-state index contributed by atoms with van der Waals surface area (Å²) in [7, 11) is 0. The molecule has 1 aliphatic rings. The van der Waals surface area contributed by atoms with Crippen molar-refractivity contribution in [2.45, 2.75) is 39.7 Å². The van der Waals surface area contributed by atoms with Crippen molar-refractivity contribution in [3.05, 3.63) is 59.4 Å². The highest BCUT2D eigenvalue weighted by molar-refractivity contribution is 5.84. The lowest BCUT2D eigenvalue weighted by atomic mass is 10.1. The summed E-state index contributed by atoms with van der Waals surface area (Å²) in [6.07, 6.45) is 7.48. The van der Waals surface area contributed by atoms with E-state index in [9.17, 15) is 0 Å². The second-order valence-electron chi connectivity index (χ2n) is 7.95. The summed E-state index contributed by atoms with van der Waals surface area (Å²) in [4.78, 5) is 15.1. The minimum Gasteiger partial charge on any atom is -0.361 e. The minimum absolute atomic E-state index is 0.644. The highest BCUT2D eigenvalue weighted by atomic mass is 15.2. The minimum atomic E-state index is 0.644. The SMILES string of the molecule is CCNC(=NCc1ccnc(N2CCCC2)c1)NCCc1c[nH]c2cc(C)ccc12. The van der Waals surface area contributed by atoms with E-state index in [-0.39, 0.29) is 0 Å². The number of nitrogens with zero attached hydrogens (tertiary/aromatic N) is 3. The van der Waals surface area contributed by atoms with Crippen LogP contribution in [0.2, 0.25) is 0 Å². The molecule has 0 atom stereocenters. The van der Waals surface area contributed by atoms with E-state index in [1.54, 1.807) is 0 Å². The lowest BCUT2D eigenvalue weighted by molar-refractivity contribution is 0.801. The van der Waals surface area contributed by atoms with E-state index in [1.807, 2.05) is 6.20 Å². The Morgan fingerprint density at radius 1 is 1.17 bits per heavy atom. The highest BCUT2D eigenvalue weighted by Crippen LogP contribution is 2.20. The Hall–Kier alpha value is -3.02. The summed E-state index contributed by atoms with van der Waals surface area (Å²) >= 11 is 0. The van der Waals surface area contributed by atoms with Crippen LogP contribution < -0.4 is 15.5 Å². The Balaban J connectivity index is 1.36. The fourth-order valence-corrected chi connectivity index (χ4v) is 4.01. The number of nitrogens with one attached hydrogen (secondary N) is 3. The fraction of sp³-hybridized carbons (Fsp3) is 0.417. The molecule has 0 amide bonds. The van der Waals surface area contributed by atoms with E-state index in [2.05, 4.69) is 75.9 Å². The van der Waals surface area contributed by atoms with Gasteiger partial charge in [-0.1, -0.05) is 12.1 Å². The van der Waals surface area contributed by atoms with Crippen LogP contribution in [-0.4, -0.2) is 42.1 Å². The molecule has 1 aliphatic heterocycles. The van der Waals surface area contributed by atoms with Gasteiger partial charge in [0.1, 0.15) is 5.82 Å². The molecule has 2 aromatic heterocycles. The predicted octanol–water partition coefficient (Wildman–Crippen LogP) is 3.77. The van der Waals surface area contributed by atoms with Crippen LogP contribution in [0.3, 0.4) is 0 Å². The van der Waals surface area contributed by atoms with E-state index in [4.69, 9.17) is 4.99 Å². The number of pyridine rings is 1. The van der Waals surface area contributed by atoms with Crippen molar-refractivity contribution in [1.29, 1.82) is 0 Å². The summed E-state index contributed by atoms with van der Waals surface area (Å²) in [5, 5.41) is 8.13. The smallest absolute Gasteiger partial charge is 0.191 e. The molecular formula is C24H32N6. The normalized spacial score (nSPS) is 14.5. The molecule has 0 aliphatic carbocycles. The first-order valence-electron chi connectivity index (χ1n) is 11.0. The molecule has 4 rings (SSSR count). The Kier molecular flexibility index (Phi) is 6.52. The number of aromatic nitrogens is 2. The molecule has 158 valence electrons. The Labute approximate surface area is 178 Å². The summed E-state index contributed by atoms with van der Waals surface area (Å²) in [6, 6.07) is 10.8. The van der Waals surface area contributed by atoms with Crippen molar-refractivity contribution in [3.8, 4) is 0 Å². The van der Waals surface area contributed by atoms with Gasteiger partial charge in [-0.3, -0.25) is 0 Å². The lowest BCUT2D eigenvalue weighted by Crippen LogP contribution is -2.38. The molecule has 1 fully saturated rings. The van der Waals surface area contributed by atoms with Crippen molar-refractivity contribution in [1.82, 2.24) is 20.6 Å². The third kappa shape index (κ3) is 4.93. The van der Waals surface area contributed by atoms with Gasteiger partial charge in [-0.25, -0.2) is 9.98 Å². The number of anilines is 1. The third-order valence-corrected chi connectivity index (χ3v) is 5.61. The van der Waals surface area contributed by atoms with Gasteiger partial charge < -0.3 is 20.5 Å². The average Bonchev–Trinajstić information content (AvgIpc) is 3.42. The molecule has 0 saturated carbocycles. The number of rotatable bonds is 7. The lowest BCUT2D eigenvalue weighted by Gasteiger charge is -2.16. The zero-order valence-electron chi connectivity index (χ0n) is 18.0. The number of aliphatic imine (C=N–C) groups is 1. The predicted molar refractivity (Wildman–Crippen MR) is 125 cm³/mol. The zero-order valence-corrected chi connectivity index (χ0v) is 18.0. The zero-order chi connectivity index (χ0) is 20.8. The van der Waals surface area contributed by atoms with E-state index in [0.717, 1.165) is 44.4 Å². The Morgan fingerprint density at radius 2 is 2.03 bits per heavy atom. The number of aromatic amines is 1. The van der Waals surface area contributed by atoms with Crippen molar-refractivity contribution >= 4 is 22.7 Å².